The molecule has 1 aromatic heterocycles. The highest BCUT2D eigenvalue weighted by Crippen LogP contribution is 2.28. The molecule has 0 radical (unpaired) electrons. The van der Waals surface area contributed by atoms with E-state index in [9.17, 15) is 18.5 Å². The summed E-state index contributed by atoms with van der Waals surface area (Å²) in [6.07, 6.45) is 0. The van der Waals surface area contributed by atoms with Gasteiger partial charge in [-0.05, 0) is 30.3 Å². The SMILES string of the molecule is CN(C)S(=O)(=O)c1cc(C(=O)[C@@H](C#N)c2nc3ccccc3n2C)ccc1Cl. The minimum absolute atomic E-state index is 0.00138. The van der Waals surface area contributed by atoms with E-state index in [2.05, 4.69) is 4.98 Å². The first-order chi connectivity index (χ1) is 13.2. The number of rotatable bonds is 5. The van der Waals surface area contributed by atoms with Gasteiger partial charge in [0.25, 0.3) is 0 Å². The number of carbonyl (C=O) groups is 1. The number of carbonyl (C=O) groups excluding carboxylic acids is 1. The van der Waals surface area contributed by atoms with Gasteiger partial charge in [0.15, 0.2) is 11.7 Å². The number of ketones is 1. The Morgan fingerprint density at radius 3 is 2.54 bits per heavy atom. The number of nitrogens with zero attached hydrogens (tertiary/aromatic N) is 4. The molecule has 0 aliphatic heterocycles. The van der Waals surface area contributed by atoms with Crippen molar-refractivity contribution in [3.05, 3.63) is 58.9 Å². The van der Waals surface area contributed by atoms with E-state index in [0.29, 0.717) is 11.3 Å². The number of nitriles is 1. The molecule has 0 saturated heterocycles. The van der Waals surface area contributed by atoms with Gasteiger partial charge in [-0.2, -0.15) is 5.26 Å². The fraction of sp³-hybridized carbons (Fsp3) is 0.211. The van der Waals surface area contributed by atoms with Crippen molar-refractivity contribution in [2.45, 2.75) is 10.8 Å². The second-order valence-electron chi connectivity index (χ2n) is 6.38. The summed E-state index contributed by atoms with van der Waals surface area (Å²) in [6, 6.07) is 13.2. The summed E-state index contributed by atoms with van der Waals surface area (Å²) in [7, 11) is 0.630. The first-order valence-corrected chi connectivity index (χ1v) is 10.1. The molecule has 1 atom stereocenters. The van der Waals surface area contributed by atoms with Gasteiger partial charge >= 0.3 is 0 Å². The van der Waals surface area contributed by atoms with Crippen LogP contribution in [0, 0.1) is 11.3 Å². The molecule has 144 valence electrons. The fourth-order valence-electron chi connectivity index (χ4n) is 2.87. The van der Waals surface area contributed by atoms with Gasteiger partial charge in [0.2, 0.25) is 10.0 Å². The lowest BCUT2D eigenvalue weighted by molar-refractivity contribution is 0.0975. The van der Waals surface area contributed by atoms with E-state index in [-0.39, 0.29) is 15.5 Å². The quantitative estimate of drug-likeness (QED) is 0.596. The number of hydrogen-bond acceptors (Lipinski definition) is 5. The Kier molecular flexibility index (Phi) is 5.26. The van der Waals surface area contributed by atoms with Crippen molar-refractivity contribution in [2.24, 2.45) is 7.05 Å². The Labute approximate surface area is 167 Å². The number of Topliss-reactive ketones (excluding diaryl/α,β-unsaturated/α-hetero) is 1. The zero-order valence-corrected chi connectivity index (χ0v) is 17.0. The Morgan fingerprint density at radius 2 is 1.93 bits per heavy atom. The van der Waals surface area contributed by atoms with Crippen molar-refractivity contribution in [2.75, 3.05) is 14.1 Å². The van der Waals surface area contributed by atoms with Crippen LogP contribution in [0.5, 0.6) is 0 Å². The van der Waals surface area contributed by atoms with Gasteiger partial charge in [0.1, 0.15) is 10.7 Å². The Hall–Kier alpha value is -2.73. The van der Waals surface area contributed by atoms with Gasteiger partial charge in [-0.15, -0.1) is 0 Å². The Morgan fingerprint density at radius 1 is 1.25 bits per heavy atom. The molecule has 28 heavy (non-hydrogen) atoms. The van der Waals surface area contributed by atoms with E-state index < -0.39 is 21.7 Å². The lowest BCUT2D eigenvalue weighted by Gasteiger charge is -2.14. The van der Waals surface area contributed by atoms with Crippen LogP contribution in [0.15, 0.2) is 47.4 Å². The Balaban J connectivity index is 2.10. The number of para-hydroxylation sites is 2. The molecular weight excluding hydrogens is 400 g/mol. The molecular formula is C19H17ClN4O3S. The van der Waals surface area contributed by atoms with Crippen molar-refractivity contribution in [3.8, 4) is 6.07 Å². The average molecular weight is 417 g/mol. The molecule has 0 saturated carbocycles. The predicted octanol–water partition coefficient (Wildman–Crippen LogP) is 2.97. The molecule has 0 fully saturated rings. The summed E-state index contributed by atoms with van der Waals surface area (Å²) < 4.78 is 27.6. The molecule has 0 aliphatic rings. The standard InChI is InChI=1S/C19H17ClN4O3S/c1-23(2)28(26,27)17-10-12(8-9-14(17)20)18(25)13(11-21)19-22-15-6-4-5-7-16(15)24(19)3/h4-10,13H,1-3H3/t13-/m1/s1. The molecule has 3 rings (SSSR count). The summed E-state index contributed by atoms with van der Waals surface area (Å²) >= 11 is 6.04. The van der Waals surface area contributed by atoms with Gasteiger partial charge in [-0.1, -0.05) is 23.7 Å². The maximum atomic E-state index is 13.0. The maximum absolute atomic E-state index is 13.0. The molecule has 0 N–H and O–H groups in total. The minimum atomic E-state index is -3.84. The number of aromatic nitrogens is 2. The molecule has 0 aliphatic carbocycles. The lowest BCUT2D eigenvalue weighted by Crippen LogP contribution is -2.23. The largest absolute Gasteiger partial charge is 0.330 e. The van der Waals surface area contributed by atoms with E-state index in [1.807, 2.05) is 24.3 Å². The monoisotopic (exact) mass is 416 g/mol. The van der Waals surface area contributed by atoms with Crippen LogP contribution < -0.4 is 0 Å². The molecule has 0 spiro atoms. The number of imidazole rings is 1. The van der Waals surface area contributed by atoms with Gasteiger partial charge in [-0.3, -0.25) is 4.79 Å². The molecule has 0 amide bonds. The van der Waals surface area contributed by atoms with Gasteiger partial charge < -0.3 is 4.57 Å². The number of halogens is 1. The number of benzene rings is 2. The van der Waals surface area contributed by atoms with Crippen molar-refractivity contribution < 1.29 is 13.2 Å². The topological polar surface area (TPSA) is 96.1 Å². The molecule has 7 nitrogen and oxygen atoms in total. The summed E-state index contributed by atoms with van der Waals surface area (Å²) in [4.78, 5) is 17.3. The zero-order chi connectivity index (χ0) is 20.6. The lowest BCUT2D eigenvalue weighted by atomic mass is 9.98. The maximum Gasteiger partial charge on any atom is 0.244 e. The van der Waals surface area contributed by atoms with Crippen molar-refractivity contribution >= 4 is 38.4 Å². The van der Waals surface area contributed by atoms with Gasteiger partial charge in [0.05, 0.1) is 22.1 Å². The average Bonchev–Trinajstić information content (AvgIpc) is 2.99. The third-order valence-corrected chi connectivity index (χ3v) is 6.74. The van der Waals surface area contributed by atoms with Gasteiger partial charge in [0, 0.05) is 26.7 Å². The fourth-order valence-corrected chi connectivity index (χ4v) is 4.27. The second-order valence-corrected chi connectivity index (χ2v) is 8.90. The third-order valence-electron chi connectivity index (χ3n) is 4.45. The number of sulfonamides is 1. The smallest absolute Gasteiger partial charge is 0.244 e. The summed E-state index contributed by atoms with van der Waals surface area (Å²) in [5.74, 6) is -1.44. The van der Waals surface area contributed by atoms with Crippen LogP contribution in [0.1, 0.15) is 22.1 Å². The van der Waals surface area contributed by atoms with Crippen LogP contribution in [0.25, 0.3) is 11.0 Å². The normalized spacial score (nSPS) is 12.9. The predicted molar refractivity (Wildman–Crippen MR) is 106 cm³/mol. The first kappa shape index (κ1) is 20.0. The third kappa shape index (κ3) is 3.29. The van der Waals surface area contributed by atoms with Crippen molar-refractivity contribution in [1.29, 1.82) is 5.26 Å². The Bertz CT molecular complexity index is 1230. The molecule has 0 unspecified atom stereocenters. The molecule has 2 aromatic carbocycles. The highest BCUT2D eigenvalue weighted by molar-refractivity contribution is 7.89. The van der Waals surface area contributed by atoms with Crippen LogP contribution in [-0.4, -0.2) is 42.2 Å². The van der Waals surface area contributed by atoms with Crippen LogP contribution in [0.2, 0.25) is 5.02 Å². The zero-order valence-electron chi connectivity index (χ0n) is 15.4. The van der Waals surface area contributed by atoms with E-state index in [4.69, 9.17) is 11.6 Å². The van der Waals surface area contributed by atoms with Crippen LogP contribution >= 0.6 is 11.6 Å². The molecule has 3 aromatic rings. The highest BCUT2D eigenvalue weighted by atomic mass is 35.5. The minimum Gasteiger partial charge on any atom is -0.330 e. The first-order valence-electron chi connectivity index (χ1n) is 8.25. The summed E-state index contributed by atoms with van der Waals surface area (Å²) in [5.41, 5.74) is 1.53. The van der Waals surface area contributed by atoms with Crippen molar-refractivity contribution in [3.63, 3.8) is 0 Å². The van der Waals surface area contributed by atoms with Crippen LogP contribution in [0.4, 0.5) is 0 Å². The van der Waals surface area contributed by atoms with Gasteiger partial charge in [-0.25, -0.2) is 17.7 Å². The van der Waals surface area contributed by atoms with Crippen LogP contribution in [-0.2, 0) is 17.1 Å². The number of hydrogen-bond donors (Lipinski definition) is 0. The number of aryl methyl sites for hydroxylation is 1. The molecule has 1 heterocycles. The molecule has 9 heteroatoms. The number of fused-ring (bicyclic) bond motifs is 1. The van der Waals surface area contributed by atoms with E-state index in [0.717, 1.165) is 9.82 Å². The van der Waals surface area contributed by atoms with E-state index in [1.54, 1.807) is 17.7 Å². The molecule has 0 bridgehead atoms. The van der Waals surface area contributed by atoms with E-state index in [1.165, 1.54) is 32.3 Å². The summed E-state index contributed by atoms with van der Waals surface area (Å²) in [6.45, 7) is 0. The second kappa shape index (κ2) is 7.36. The summed E-state index contributed by atoms with van der Waals surface area (Å²) in [5, 5.41) is 9.66. The van der Waals surface area contributed by atoms with E-state index >= 15 is 0 Å². The van der Waals surface area contributed by atoms with Crippen molar-refractivity contribution in [1.82, 2.24) is 13.9 Å². The van der Waals surface area contributed by atoms with Crippen LogP contribution in [0.3, 0.4) is 0 Å². The highest BCUT2D eigenvalue weighted by Gasteiger charge is 2.29.